The third kappa shape index (κ3) is 4.12. The smallest absolute Gasteiger partial charge is 0.251 e. The van der Waals surface area contributed by atoms with E-state index in [1.165, 1.54) is 0 Å². The predicted molar refractivity (Wildman–Crippen MR) is 63.6 cm³/mol. The lowest BCUT2D eigenvalue weighted by molar-refractivity contribution is 0.0940. The molecule has 1 rings (SSSR count). The molecule has 0 aromatic heterocycles. The summed E-state index contributed by atoms with van der Waals surface area (Å²) in [5, 5.41) is 2.72. The Bertz CT molecular complexity index is 367. The molecule has 0 aliphatic carbocycles. The minimum Gasteiger partial charge on any atom is -0.348 e. The van der Waals surface area contributed by atoms with Gasteiger partial charge in [0.25, 0.3) is 5.91 Å². The quantitative estimate of drug-likeness (QED) is 0.766. The van der Waals surface area contributed by atoms with Crippen LogP contribution < -0.4 is 5.32 Å². The molecule has 0 heterocycles. The average Bonchev–Trinajstić information content (AvgIpc) is 2.28. The van der Waals surface area contributed by atoms with E-state index in [1.54, 1.807) is 24.3 Å². The Balaban J connectivity index is 2.59. The highest BCUT2D eigenvalue weighted by Gasteiger charge is 2.13. The van der Waals surface area contributed by atoms with Gasteiger partial charge < -0.3 is 9.87 Å². The van der Waals surface area contributed by atoms with Gasteiger partial charge in [-0.05, 0) is 18.6 Å². The molecule has 0 saturated heterocycles. The van der Waals surface area contributed by atoms with Crippen LogP contribution in [0, 0.1) is 0 Å². The predicted octanol–water partition coefficient (Wildman–Crippen LogP) is 1.42. The fourth-order valence-electron chi connectivity index (χ4n) is 1.29. The molecule has 0 saturated carbocycles. The third-order valence-electron chi connectivity index (χ3n) is 2.21. The lowest BCUT2D eigenvalue weighted by Gasteiger charge is -2.14. The van der Waals surface area contributed by atoms with Crippen molar-refractivity contribution in [2.24, 2.45) is 0 Å². The first-order valence-corrected chi connectivity index (χ1v) is 6.34. The zero-order valence-corrected chi connectivity index (χ0v) is 9.87. The van der Waals surface area contributed by atoms with E-state index in [4.69, 9.17) is 4.55 Å². The standard InChI is InChI=1S/C11H15NO3S/c1-2-10(8-16(14)15)12-11(13)9-6-4-3-5-7-9/h3-7,10H,2,8H2,1H3,(H,12,13)(H,14,15). The van der Waals surface area contributed by atoms with Crippen LogP contribution in [0.2, 0.25) is 0 Å². The van der Waals surface area contributed by atoms with E-state index >= 15 is 0 Å². The molecule has 1 aromatic carbocycles. The van der Waals surface area contributed by atoms with E-state index in [2.05, 4.69) is 5.32 Å². The Morgan fingerprint density at radius 1 is 1.44 bits per heavy atom. The van der Waals surface area contributed by atoms with Gasteiger partial charge in [0.2, 0.25) is 0 Å². The number of benzene rings is 1. The number of hydrogen-bond acceptors (Lipinski definition) is 2. The molecule has 0 aliphatic heterocycles. The van der Waals surface area contributed by atoms with Crippen molar-refractivity contribution < 1.29 is 13.6 Å². The highest BCUT2D eigenvalue weighted by atomic mass is 32.2. The second-order valence-electron chi connectivity index (χ2n) is 3.43. The van der Waals surface area contributed by atoms with Crippen LogP contribution >= 0.6 is 0 Å². The van der Waals surface area contributed by atoms with E-state index in [1.807, 2.05) is 13.0 Å². The molecule has 0 spiro atoms. The lowest BCUT2D eigenvalue weighted by atomic mass is 10.2. The van der Waals surface area contributed by atoms with Crippen molar-refractivity contribution in [3.63, 3.8) is 0 Å². The first kappa shape index (κ1) is 12.9. The van der Waals surface area contributed by atoms with Gasteiger partial charge in [-0.2, -0.15) is 0 Å². The van der Waals surface area contributed by atoms with Crippen molar-refractivity contribution in [1.82, 2.24) is 5.32 Å². The molecule has 5 heteroatoms. The average molecular weight is 241 g/mol. The summed E-state index contributed by atoms with van der Waals surface area (Å²) in [6.45, 7) is 1.86. The van der Waals surface area contributed by atoms with E-state index < -0.39 is 11.1 Å². The van der Waals surface area contributed by atoms with Gasteiger partial charge in [-0.3, -0.25) is 4.79 Å². The van der Waals surface area contributed by atoms with Crippen LogP contribution in [0.5, 0.6) is 0 Å². The van der Waals surface area contributed by atoms with E-state index in [0.717, 1.165) is 0 Å². The Morgan fingerprint density at radius 2 is 2.06 bits per heavy atom. The van der Waals surface area contributed by atoms with Crippen molar-refractivity contribution in [1.29, 1.82) is 0 Å². The summed E-state index contributed by atoms with van der Waals surface area (Å²) >= 11 is -1.88. The summed E-state index contributed by atoms with van der Waals surface area (Å²) < 4.78 is 19.4. The molecule has 16 heavy (non-hydrogen) atoms. The molecule has 0 aliphatic rings. The van der Waals surface area contributed by atoms with Gasteiger partial charge in [0.1, 0.15) is 0 Å². The zero-order valence-electron chi connectivity index (χ0n) is 9.05. The molecule has 88 valence electrons. The molecule has 4 nitrogen and oxygen atoms in total. The Morgan fingerprint density at radius 3 is 2.56 bits per heavy atom. The number of nitrogens with one attached hydrogen (secondary N) is 1. The highest BCUT2D eigenvalue weighted by Crippen LogP contribution is 2.01. The summed E-state index contributed by atoms with van der Waals surface area (Å²) in [5.74, 6) is -0.146. The molecule has 0 fully saturated rings. The number of hydrogen-bond donors (Lipinski definition) is 2. The molecule has 2 atom stereocenters. The summed E-state index contributed by atoms with van der Waals surface area (Å²) in [7, 11) is 0. The highest BCUT2D eigenvalue weighted by molar-refractivity contribution is 7.79. The molecule has 2 unspecified atom stereocenters. The minimum atomic E-state index is -1.88. The fraction of sp³-hybridized carbons (Fsp3) is 0.364. The second-order valence-corrected chi connectivity index (χ2v) is 4.41. The Kier molecular flexibility index (Phi) is 5.14. The summed E-state index contributed by atoms with van der Waals surface area (Å²) in [6.07, 6.45) is 0.630. The fourth-order valence-corrected chi connectivity index (χ4v) is 1.96. The maximum Gasteiger partial charge on any atom is 0.251 e. The summed E-state index contributed by atoms with van der Waals surface area (Å²) in [5.41, 5.74) is 0.560. The second kappa shape index (κ2) is 6.40. The molecular formula is C11H15NO3S. The van der Waals surface area contributed by atoms with Gasteiger partial charge in [-0.25, -0.2) is 4.21 Å². The number of carbonyl (C=O) groups excluding carboxylic acids is 1. The van der Waals surface area contributed by atoms with Crippen molar-refractivity contribution in [3.8, 4) is 0 Å². The van der Waals surface area contributed by atoms with Gasteiger partial charge >= 0.3 is 0 Å². The minimum absolute atomic E-state index is 0.0646. The van der Waals surface area contributed by atoms with Crippen LogP contribution in [0.4, 0.5) is 0 Å². The van der Waals surface area contributed by atoms with Crippen LogP contribution in [-0.4, -0.2) is 26.5 Å². The maximum absolute atomic E-state index is 11.7. The van der Waals surface area contributed by atoms with Crippen LogP contribution in [0.1, 0.15) is 23.7 Å². The topological polar surface area (TPSA) is 66.4 Å². The molecule has 1 amide bonds. The van der Waals surface area contributed by atoms with Gasteiger partial charge in [0, 0.05) is 11.6 Å². The summed E-state index contributed by atoms with van der Waals surface area (Å²) in [6, 6.07) is 8.53. The third-order valence-corrected chi connectivity index (χ3v) is 2.90. The van der Waals surface area contributed by atoms with Crippen LogP contribution in [0.3, 0.4) is 0 Å². The van der Waals surface area contributed by atoms with Gasteiger partial charge in [0.05, 0.1) is 5.75 Å². The first-order valence-electron chi connectivity index (χ1n) is 5.07. The SMILES string of the molecule is CCC(CS(=O)O)NC(=O)c1ccccc1. The Hall–Kier alpha value is -1.20. The maximum atomic E-state index is 11.7. The lowest BCUT2D eigenvalue weighted by Crippen LogP contribution is -2.38. The summed E-state index contributed by atoms with van der Waals surface area (Å²) in [4.78, 5) is 11.7. The van der Waals surface area contributed by atoms with E-state index in [-0.39, 0.29) is 17.7 Å². The largest absolute Gasteiger partial charge is 0.348 e. The van der Waals surface area contributed by atoms with Crippen molar-refractivity contribution >= 4 is 17.0 Å². The monoisotopic (exact) mass is 241 g/mol. The molecule has 0 radical (unpaired) electrons. The number of carbonyl (C=O) groups is 1. The van der Waals surface area contributed by atoms with E-state index in [0.29, 0.717) is 12.0 Å². The number of rotatable bonds is 5. The molecular weight excluding hydrogens is 226 g/mol. The van der Waals surface area contributed by atoms with Gasteiger partial charge in [0.15, 0.2) is 11.1 Å². The number of amides is 1. The molecule has 1 aromatic rings. The van der Waals surface area contributed by atoms with Crippen molar-refractivity contribution in [2.75, 3.05) is 5.75 Å². The Labute approximate surface area is 97.3 Å². The zero-order chi connectivity index (χ0) is 12.0. The van der Waals surface area contributed by atoms with Gasteiger partial charge in [-0.15, -0.1) is 0 Å². The van der Waals surface area contributed by atoms with Crippen molar-refractivity contribution in [2.45, 2.75) is 19.4 Å². The van der Waals surface area contributed by atoms with Crippen LogP contribution in [0.15, 0.2) is 30.3 Å². The first-order chi connectivity index (χ1) is 7.63. The normalized spacial score (nSPS) is 14.1. The van der Waals surface area contributed by atoms with Crippen molar-refractivity contribution in [3.05, 3.63) is 35.9 Å². The molecule has 0 bridgehead atoms. The molecule has 2 N–H and O–H groups in total. The van der Waals surface area contributed by atoms with Gasteiger partial charge in [-0.1, -0.05) is 25.1 Å². The van der Waals surface area contributed by atoms with E-state index in [9.17, 15) is 9.00 Å². The van der Waals surface area contributed by atoms with Crippen LogP contribution in [-0.2, 0) is 11.1 Å². The van der Waals surface area contributed by atoms with Crippen LogP contribution in [0.25, 0.3) is 0 Å².